The molecule has 1 atom stereocenters. The highest BCUT2D eigenvalue weighted by atomic mass is 19.4. The van der Waals surface area contributed by atoms with Crippen LogP contribution in [0.2, 0.25) is 0 Å². The largest absolute Gasteiger partial charge is 0.416 e. The highest BCUT2D eigenvalue weighted by Gasteiger charge is 2.31. The summed E-state index contributed by atoms with van der Waals surface area (Å²) in [5.41, 5.74) is -0.905. The minimum atomic E-state index is -4.56. The van der Waals surface area contributed by atoms with E-state index in [9.17, 15) is 17.6 Å². The first kappa shape index (κ1) is 13.0. The Kier molecular flexibility index (Phi) is 3.91. The van der Waals surface area contributed by atoms with Crippen LogP contribution in [0.5, 0.6) is 0 Å². The van der Waals surface area contributed by atoms with Gasteiger partial charge in [0.2, 0.25) is 0 Å². The first-order chi connectivity index (χ1) is 7.29. The summed E-state index contributed by atoms with van der Waals surface area (Å²) < 4.78 is 49.9. The van der Waals surface area contributed by atoms with Gasteiger partial charge in [0.1, 0.15) is 5.82 Å². The van der Waals surface area contributed by atoms with Gasteiger partial charge in [0.15, 0.2) is 0 Å². The average molecular weight is 235 g/mol. The van der Waals surface area contributed by atoms with Crippen LogP contribution < -0.4 is 0 Å². The molecule has 0 amide bonds. The van der Waals surface area contributed by atoms with E-state index in [0.29, 0.717) is 6.07 Å². The summed E-state index contributed by atoms with van der Waals surface area (Å²) in [5, 5.41) is 8.96. The van der Waals surface area contributed by atoms with Crippen molar-refractivity contribution in [3.05, 3.63) is 41.6 Å². The van der Waals surface area contributed by atoms with Gasteiger partial charge in [-0.05, 0) is 43.5 Å². The third kappa shape index (κ3) is 3.81. The molecule has 1 radical (unpaired) electrons. The monoisotopic (exact) mass is 235 g/mol. The van der Waals surface area contributed by atoms with Crippen LogP contribution in [-0.2, 0) is 6.18 Å². The second-order valence-electron chi connectivity index (χ2n) is 3.56. The van der Waals surface area contributed by atoms with Crippen molar-refractivity contribution < 1.29 is 22.7 Å². The Morgan fingerprint density at radius 2 is 1.94 bits per heavy atom. The number of aliphatic hydroxyl groups is 1. The molecule has 5 heteroatoms. The van der Waals surface area contributed by atoms with Gasteiger partial charge in [-0.1, -0.05) is 0 Å². The highest BCUT2D eigenvalue weighted by Crippen LogP contribution is 2.30. The molecular weight excluding hydrogens is 224 g/mol. The summed E-state index contributed by atoms with van der Waals surface area (Å²) in [6.45, 7) is 1.50. The summed E-state index contributed by atoms with van der Waals surface area (Å²) in [4.78, 5) is 0. The summed E-state index contributed by atoms with van der Waals surface area (Å²) in [6.07, 6.45) is -3.68. The minimum absolute atomic E-state index is 0.119. The number of rotatable bonds is 3. The predicted molar refractivity (Wildman–Crippen MR) is 51.1 cm³/mol. The van der Waals surface area contributed by atoms with Gasteiger partial charge in [-0.15, -0.1) is 0 Å². The first-order valence-electron chi connectivity index (χ1n) is 4.68. The lowest BCUT2D eigenvalue weighted by molar-refractivity contribution is -0.137. The van der Waals surface area contributed by atoms with Crippen molar-refractivity contribution in [2.75, 3.05) is 0 Å². The zero-order valence-corrected chi connectivity index (χ0v) is 8.55. The van der Waals surface area contributed by atoms with Crippen molar-refractivity contribution in [3.8, 4) is 0 Å². The molecular formula is C11H11F4O. The molecule has 1 aromatic carbocycles. The maximum Gasteiger partial charge on any atom is 0.416 e. The van der Waals surface area contributed by atoms with Gasteiger partial charge >= 0.3 is 6.18 Å². The van der Waals surface area contributed by atoms with Crippen LogP contribution in [0.4, 0.5) is 17.6 Å². The molecule has 0 aliphatic carbocycles. The number of halogens is 4. The smallest absolute Gasteiger partial charge is 0.393 e. The molecule has 16 heavy (non-hydrogen) atoms. The molecule has 0 aliphatic rings. The van der Waals surface area contributed by atoms with Gasteiger partial charge in [0, 0.05) is 0 Å². The van der Waals surface area contributed by atoms with Crippen molar-refractivity contribution in [2.45, 2.75) is 25.6 Å². The van der Waals surface area contributed by atoms with Crippen LogP contribution in [-0.4, -0.2) is 11.2 Å². The fourth-order valence-electron chi connectivity index (χ4n) is 1.20. The van der Waals surface area contributed by atoms with E-state index in [-0.39, 0.29) is 12.0 Å². The lowest BCUT2D eigenvalue weighted by Gasteiger charge is -2.09. The molecule has 1 nitrogen and oxygen atoms in total. The third-order valence-corrected chi connectivity index (χ3v) is 1.94. The number of alkyl halides is 3. The Bertz CT molecular complexity index is 357. The van der Waals surface area contributed by atoms with Crippen molar-refractivity contribution >= 4 is 0 Å². The zero-order chi connectivity index (χ0) is 12.3. The number of hydrogen-bond donors (Lipinski definition) is 1. The third-order valence-electron chi connectivity index (χ3n) is 1.94. The molecule has 0 saturated carbocycles. The van der Waals surface area contributed by atoms with Gasteiger partial charge in [-0.2, -0.15) is 13.2 Å². The van der Waals surface area contributed by atoms with Gasteiger partial charge in [0.25, 0.3) is 0 Å². The van der Waals surface area contributed by atoms with Crippen molar-refractivity contribution in [2.24, 2.45) is 0 Å². The average Bonchev–Trinajstić information content (AvgIpc) is 2.12. The van der Waals surface area contributed by atoms with Crippen molar-refractivity contribution in [1.82, 2.24) is 0 Å². The fourth-order valence-corrected chi connectivity index (χ4v) is 1.20. The molecule has 0 saturated heterocycles. The molecule has 0 heterocycles. The van der Waals surface area contributed by atoms with Crippen LogP contribution in [0.25, 0.3) is 0 Å². The molecule has 0 aliphatic heterocycles. The quantitative estimate of drug-likeness (QED) is 0.798. The second-order valence-corrected chi connectivity index (χ2v) is 3.56. The first-order valence-corrected chi connectivity index (χ1v) is 4.68. The van der Waals surface area contributed by atoms with Gasteiger partial charge < -0.3 is 5.11 Å². The SMILES string of the molecule is CC(O)C[CH]c1cc(F)cc(C(F)(F)F)c1. The molecule has 1 rings (SSSR count). The zero-order valence-electron chi connectivity index (χ0n) is 8.55. The Labute approximate surface area is 90.7 Å². The number of hydrogen-bond acceptors (Lipinski definition) is 1. The van der Waals surface area contributed by atoms with E-state index in [2.05, 4.69) is 0 Å². The van der Waals surface area contributed by atoms with Crippen LogP contribution in [0.3, 0.4) is 0 Å². The molecule has 89 valence electrons. The van der Waals surface area contributed by atoms with E-state index in [1.807, 2.05) is 0 Å². The van der Waals surface area contributed by atoms with Crippen LogP contribution >= 0.6 is 0 Å². The molecule has 1 N–H and O–H groups in total. The molecule has 0 aromatic heterocycles. The number of benzene rings is 1. The maximum atomic E-state index is 12.9. The normalized spacial score (nSPS) is 13.9. The van der Waals surface area contributed by atoms with Gasteiger partial charge in [0.05, 0.1) is 11.7 Å². The van der Waals surface area contributed by atoms with E-state index in [1.54, 1.807) is 0 Å². The fraction of sp³-hybridized carbons (Fsp3) is 0.364. The van der Waals surface area contributed by atoms with E-state index in [4.69, 9.17) is 5.11 Å². The van der Waals surface area contributed by atoms with Crippen molar-refractivity contribution in [3.63, 3.8) is 0 Å². The van der Waals surface area contributed by atoms with Crippen LogP contribution in [0.15, 0.2) is 18.2 Å². The van der Waals surface area contributed by atoms with Gasteiger partial charge in [-0.25, -0.2) is 4.39 Å². The molecule has 0 spiro atoms. The van der Waals surface area contributed by atoms with Gasteiger partial charge in [-0.3, -0.25) is 0 Å². The molecule has 0 fully saturated rings. The standard InChI is InChI=1S/C11H11F4O/c1-7(16)2-3-8-4-9(11(13,14)15)6-10(12)5-8/h3-7,16H,2H2,1H3. The number of aliphatic hydroxyl groups excluding tert-OH is 1. The summed E-state index contributed by atoms with van der Waals surface area (Å²) in [7, 11) is 0. The molecule has 0 bridgehead atoms. The highest BCUT2D eigenvalue weighted by molar-refractivity contribution is 5.31. The predicted octanol–water partition coefficient (Wildman–Crippen LogP) is 3.17. The van der Waals surface area contributed by atoms with E-state index in [1.165, 1.54) is 13.3 Å². The maximum absolute atomic E-state index is 12.9. The van der Waals surface area contributed by atoms with E-state index in [0.717, 1.165) is 12.1 Å². The Morgan fingerprint density at radius 3 is 2.44 bits per heavy atom. The summed E-state index contributed by atoms with van der Waals surface area (Å²) >= 11 is 0. The Hall–Kier alpha value is -1.10. The minimum Gasteiger partial charge on any atom is -0.393 e. The Balaban J connectivity index is 2.90. The molecule has 1 aromatic rings. The lowest BCUT2D eigenvalue weighted by Crippen LogP contribution is -2.07. The topological polar surface area (TPSA) is 20.2 Å². The van der Waals surface area contributed by atoms with E-state index >= 15 is 0 Å². The van der Waals surface area contributed by atoms with E-state index < -0.39 is 23.7 Å². The lowest BCUT2D eigenvalue weighted by atomic mass is 10.0. The van der Waals surface area contributed by atoms with Crippen molar-refractivity contribution in [1.29, 1.82) is 0 Å². The van der Waals surface area contributed by atoms with Crippen LogP contribution in [0, 0.1) is 12.2 Å². The summed E-state index contributed by atoms with van der Waals surface area (Å²) in [6, 6.07) is 2.29. The summed E-state index contributed by atoms with van der Waals surface area (Å²) in [5.74, 6) is -0.938. The molecule has 1 unspecified atom stereocenters. The van der Waals surface area contributed by atoms with Crippen LogP contribution in [0.1, 0.15) is 24.5 Å². The Morgan fingerprint density at radius 1 is 1.31 bits per heavy atom. The second kappa shape index (κ2) is 4.82.